The van der Waals surface area contributed by atoms with Crippen LogP contribution in [0.1, 0.15) is 42.3 Å². The molecule has 0 saturated carbocycles. The molecule has 1 aliphatic carbocycles. The third kappa shape index (κ3) is 3.64. The minimum absolute atomic E-state index is 0.180. The van der Waals surface area contributed by atoms with Gasteiger partial charge in [-0.2, -0.15) is 0 Å². The molecule has 0 radical (unpaired) electrons. The summed E-state index contributed by atoms with van der Waals surface area (Å²) in [4.78, 5) is 41.6. The standard InChI is InChI=1S/C23H20N2O3S/c1-14-10-11-29-19(14)12-25(2)13-20(26)24-18-9-5-8-17-21(18)23(28)16-7-4-3-6-15(16)22(17)27/h3-11H,12-13H2,1-2H3,(H,24,26). The molecular formula is C23H20N2O3S. The maximum atomic E-state index is 13.0. The van der Waals surface area contributed by atoms with Gasteiger partial charge >= 0.3 is 0 Å². The van der Waals surface area contributed by atoms with E-state index in [1.54, 1.807) is 53.8 Å². The molecule has 0 saturated heterocycles. The van der Waals surface area contributed by atoms with Crippen LogP contribution < -0.4 is 5.32 Å². The highest BCUT2D eigenvalue weighted by Crippen LogP contribution is 2.31. The van der Waals surface area contributed by atoms with Crippen molar-refractivity contribution < 1.29 is 14.4 Å². The van der Waals surface area contributed by atoms with Crippen molar-refractivity contribution >= 4 is 34.5 Å². The summed E-state index contributed by atoms with van der Waals surface area (Å²) in [6.07, 6.45) is 0. The van der Waals surface area contributed by atoms with Crippen LogP contribution in [0.3, 0.4) is 0 Å². The number of anilines is 1. The van der Waals surface area contributed by atoms with Crippen LogP contribution in [-0.4, -0.2) is 36.0 Å². The Bertz CT molecular complexity index is 1130. The molecule has 146 valence electrons. The number of nitrogens with zero attached hydrogens (tertiary/aromatic N) is 1. The monoisotopic (exact) mass is 404 g/mol. The lowest BCUT2D eigenvalue weighted by molar-refractivity contribution is -0.117. The van der Waals surface area contributed by atoms with Gasteiger partial charge in [0.1, 0.15) is 0 Å². The number of nitrogens with one attached hydrogen (secondary N) is 1. The van der Waals surface area contributed by atoms with Crippen LogP contribution in [0.4, 0.5) is 5.69 Å². The van der Waals surface area contributed by atoms with Gasteiger partial charge < -0.3 is 5.32 Å². The highest BCUT2D eigenvalue weighted by atomic mass is 32.1. The fourth-order valence-corrected chi connectivity index (χ4v) is 4.54. The second-order valence-electron chi connectivity index (χ2n) is 7.18. The molecule has 0 fully saturated rings. The summed E-state index contributed by atoms with van der Waals surface area (Å²) in [7, 11) is 1.88. The molecule has 4 rings (SSSR count). The number of rotatable bonds is 5. The minimum atomic E-state index is -0.242. The highest BCUT2D eigenvalue weighted by Gasteiger charge is 2.31. The Hall–Kier alpha value is -3.09. The van der Waals surface area contributed by atoms with Crippen LogP contribution in [0.15, 0.2) is 53.9 Å². The van der Waals surface area contributed by atoms with E-state index in [2.05, 4.69) is 18.3 Å². The van der Waals surface area contributed by atoms with Gasteiger partial charge in [-0.25, -0.2) is 0 Å². The number of fused-ring (bicyclic) bond motifs is 2. The van der Waals surface area contributed by atoms with Gasteiger partial charge in [0.2, 0.25) is 5.91 Å². The molecule has 1 aromatic heterocycles. The number of likely N-dealkylation sites (N-methyl/N-ethyl adjacent to an activating group) is 1. The van der Waals surface area contributed by atoms with Crippen molar-refractivity contribution in [3.8, 4) is 0 Å². The number of amides is 1. The van der Waals surface area contributed by atoms with Crippen molar-refractivity contribution in [3.63, 3.8) is 0 Å². The number of hydrogen-bond donors (Lipinski definition) is 1. The number of carbonyl (C=O) groups excluding carboxylic acids is 3. The average Bonchev–Trinajstić information content (AvgIpc) is 3.10. The number of thiophene rings is 1. The lowest BCUT2D eigenvalue weighted by atomic mass is 9.83. The van der Waals surface area contributed by atoms with Crippen LogP contribution >= 0.6 is 11.3 Å². The van der Waals surface area contributed by atoms with Crippen LogP contribution in [0.2, 0.25) is 0 Å². The molecule has 3 aromatic rings. The largest absolute Gasteiger partial charge is 0.324 e. The van der Waals surface area contributed by atoms with E-state index in [0.717, 1.165) is 0 Å². The van der Waals surface area contributed by atoms with Gasteiger partial charge in [0.25, 0.3) is 0 Å². The Labute approximate surface area is 173 Å². The molecule has 0 bridgehead atoms. The first-order chi connectivity index (χ1) is 14.0. The fourth-order valence-electron chi connectivity index (χ4n) is 3.55. The van der Waals surface area contributed by atoms with Crippen molar-refractivity contribution in [3.05, 3.63) is 86.6 Å². The average molecular weight is 404 g/mol. The van der Waals surface area contributed by atoms with Gasteiger partial charge in [0, 0.05) is 28.1 Å². The van der Waals surface area contributed by atoms with Crippen molar-refractivity contribution in [1.82, 2.24) is 4.90 Å². The summed E-state index contributed by atoms with van der Waals surface area (Å²) in [5.41, 5.74) is 2.95. The van der Waals surface area contributed by atoms with E-state index < -0.39 is 0 Å². The fraction of sp³-hybridized carbons (Fsp3) is 0.174. The summed E-state index contributed by atoms with van der Waals surface area (Å²) in [6.45, 7) is 2.91. The zero-order valence-corrected chi connectivity index (χ0v) is 17.0. The Morgan fingerprint density at radius 1 is 0.966 bits per heavy atom. The molecule has 0 unspecified atom stereocenters. The first-order valence-electron chi connectivity index (χ1n) is 9.28. The zero-order chi connectivity index (χ0) is 20.5. The molecule has 5 nitrogen and oxygen atoms in total. The molecule has 1 heterocycles. The topological polar surface area (TPSA) is 66.5 Å². The van der Waals surface area contributed by atoms with E-state index in [9.17, 15) is 14.4 Å². The van der Waals surface area contributed by atoms with E-state index in [4.69, 9.17) is 0 Å². The molecule has 2 aromatic carbocycles. The normalized spacial score (nSPS) is 12.7. The molecule has 6 heteroatoms. The predicted octanol–water partition coefficient (Wildman–Crippen LogP) is 3.90. The lowest BCUT2D eigenvalue weighted by Crippen LogP contribution is -2.31. The van der Waals surface area contributed by atoms with Gasteiger partial charge in [-0.15, -0.1) is 11.3 Å². The van der Waals surface area contributed by atoms with Crippen molar-refractivity contribution in [2.24, 2.45) is 0 Å². The first kappa shape index (κ1) is 19.2. The third-order valence-electron chi connectivity index (χ3n) is 5.02. The number of carbonyl (C=O) groups is 3. The summed E-state index contributed by atoms with van der Waals surface area (Å²) >= 11 is 1.67. The molecule has 1 aliphatic rings. The third-order valence-corrected chi connectivity index (χ3v) is 6.03. The van der Waals surface area contributed by atoms with Gasteiger partial charge in [0.05, 0.1) is 17.8 Å². The number of ketones is 2. The van der Waals surface area contributed by atoms with Crippen LogP contribution in [0, 0.1) is 6.92 Å². The first-order valence-corrected chi connectivity index (χ1v) is 10.2. The Kier molecular flexibility index (Phi) is 5.13. The minimum Gasteiger partial charge on any atom is -0.324 e. The van der Waals surface area contributed by atoms with E-state index in [0.29, 0.717) is 28.9 Å². The molecular weight excluding hydrogens is 384 g/mol. The van der Waals surface area contributed by atoms with Crippen molar-refractivity contribution in [2.75, 3.05) is 18.9 Å². The van der Waals surface area contributed by atoms with Gasteiger partial charge in [-0.05, 0) is 37.0 Å². The quantitative estimate of drug-likeness (QED) is 0.548. The van der Waals surface area contributed by atoms with Gasteiger partial charge in [0.15, 0.2) is 11.6 Å². The Balaban J connectivity index is 1.55. The van der Waals surface area contributed by atoms with Gasteiger partial charge in [-0.3, -0.25) is 19.3 Å². The molecule has 29 heavy (non-hydrogen) atoms. The lowest BCUT2D eigenvalue weighted by Gasteiger charge is -2.21. The second-order valence-corrected chi connectivity index (χ2v) is 8.18. The van der Waals surface area contributed by atoms with E-state index in [1.807, 2.05) is 17.3 Å². The number of aryl methyl sites for hydroxylation is 1. The second kappa shape index (κ2) is 7.73. The maximum Gasteiger partial charge on any atom is 0.238 e. The van der Waals surface area contributed by atoms with Crippen LogP contribution in [0.5, 0.6) is 0 Å². The molecule has 0 spiro atoms. The molecule has 1 amide bonds. The predicted molar refractivity (Wildman–Crippen MR) is 114 cm³/mol. The van der Waals surface area contributed by atoms with E-state index in [1.165, 1.54) is 10.4 Å². The summed E-state index contributed by atoms with van der Waals surface area (Å²) in [5, 5.41) is 4.86. The number of benzene rings is 2. The van der Waals surface area contributed by atoms with E-state index in [-0.39, 0.29) is 29.6 Å². The zero-order valence-electron chi connectivity index (χ0n) is 16.2. The van der Waals surface area contributed by atoms with Crippen molar-refractivity contribution in [2.45, 2.75) is 13.5 Å². The maximum absolute atomic E-state index is 13.0. The van der Waals surface area contributed by atoms with Gasteiger partial charge in [-0.1, -0.05) is 36.4 Å². The summed E-state index contributed by atoms with van der Waals surface area (Å²) < 4.78 is 0. The summed E-state index contributed by atoms with van der Waals surface area (Å²) in [6, 6.07) is 13.8. The smallest absolute Gasteiger partial charge is 0.238 e. The van der Waals surface area contributed by atoms with Crippen molar-refractivity contribution in [1.29, 1.82) is 0 Å². The highest BCUT2D eigenvalue weighted by molar-refractivity contribution is 7.10. The SMILES string of the molecule is Cc1ccsc1CN(C)CC(=O)Nc1cccc2c1C(=O)c1ccccc1C2=O. The number of hydrogen-bond acceptors (Lipinski definition) is 5. The Morgan fingerprint density at radius 2 is 1.66 bits per heavy atom. The van der Waals surface area contributed by atoms with E-state index >= 15 is 0 Å². The molecule has 0 aliphatic heterocycles. The molecule has 0 atom stereocenters. The van der Waals surface area contributed by atoms with Crippen LogP contribution in [0.25, 0.3) is 0 Å². The molecule has 1 N–H and O–H groups in total. The van der Waals surface area contributed by atoms with Crippen LogP contribution in [-0.2, 0) is 11.3 Å². The Morgan fingerprint density at radius 3 is 2.34 bits per heavy atom. The summed E-state index contributed by atoms with van der Waals surface area (Å²) in [5.74, 6) is -0.667.